The molecular formula is C25H20F2N6O. The van der Waals surface area contributed by atoms with Crippen LogP contribution >= 0.6 is 0 Å². The van der Waals surface area contributed by atoms with E-state index < -0.39 is 17.7 Å². The Labute approximate surface area is 194 Å². The summed E-state index contributed by atoms with van der Waals surface area (Å²) in [6.45, 7) is 2.18. The summed E-state index contributed by atoms with van der Waals surface area (Å²) in [5.41, 5.74) is 3.43. The predicted octanol–water partition coefficient (Wildman–Crippen LogP) is 4.90. The molecule has 7 nitrogen and oxygen atoms in total. The van der Waals surface area contributed by atoms with Crippen molar-refractivity contribution < 1.29 is 13.6 Å². The van der Waals surface area contributed by atoms with Gasteiger partial charge in [0.25, 0.3) is 5.91 Å². The van der Waals surface area contributed by atoms with Gasteiger partial charge < -0.3 is 16.0 Å². The molecule has 0 atom stereocenters. The minimum atomic E-state index is -0.751. The van der Waals surface area contributed by atoms with Crippen molar-refractivity contribution in [2.24, 2.45) is 0 Å². The van der Waals surface area contributed by atoms with Crippen molar-refractivity contribution >= 4 is 29.0 Å². The van der Waals surface area contributed by atoms with Gasteiger partial charge in [0.15, 0.2) is 0 Å². The van der Waals surface area contributed by atoms with Crippen LogP contribution in [0.2, 0.25) is 0 Å². The maximum Gasteiger partial charge on any atom is 0.254 e. The van der Waals surface area contributed by atoms with E-state index in [4.69, 9.17) is 0 Å². The smallest absolute Gasteiger partial charge is 0.254 e. The largest absolute Gasteiger partial charge is 0.352 e. The number of hydrogen-bond acceptors (Lipinski definition) is 6. The number of para-hydroxylation sites is 1. The molecule has 3 N–H and O–H groups in total. The molecule has 6 bridgehead atoms. The SMILES string of the molecule is Cc1cnc2nc1Nc1ccccc1CCNC(=O)c1ccc(cc1F)-c1cnc(F)c(c1)N2. The zero-order valence-electron chi connectivity index (χ0n) is 18.2. The van der Waals surface area contributed by atoms with Gasteiger partial charge in [0.05, 0.1) is 11.3 Å². The summed E-state index contributed by atoms with van der Waals surface area (Å²) in [5.74, 6) is -1.21. The van der Waals surface area contributed by atoms with E-state index >= 15 is 0 Å². The molecule has 0 saturated carbocycles. The molecule has 0 unspecified atom stereocenters. The molecule has 170 valence electrons. The summed E-state index contributed by atoms with van der Waals surface area (Å²) in [4.78, 5) is 25.1. The monoisotopic (exact) mass is 458 g/mol. The van der Waals surface area contributed by atoms with Gasteiger partial charge in [0.2, 0.25) is 11.9 Å². The van der Waals surface area contributed by atoms with Crippen LogP contribution in [0.5, 0.6) is 0 Å². The Balaban J connectivity index is 1.62. The number of anilines is 4. The topological polar surface area (TPSA) is 91.8 Å². The Bertz CT molecular complexity index is 1410. The molecule has 2 aromatic carbocycles. The van der Waals surface area contributed by atoms with Gasteiger partial charge in [-0.05, 0) is 48.7 Å². The van der Waals surface area contributed by atoms with E-state index in [9.17, 15) is 13.6 Å². The second kappa shape index (κ2) is 8.86. The number of halogens is 2. The molecule has 4 heterocycles. The maximum absolute atomic E-state index is 14.8. The highest BCUT2D eigenvalue weighted by molar-refractivity contribution is 5.95. The number of rotatable bonds is 0. The third-order valence-corrected chi connectivity index (χ3v) is 5.55. The Morgan fingerprint density at radius 2 is 1.76 bits per heavy atom. The predicted molar refractivity (Wildman–Crippen MR) is 125 cm³/mol. The van der Waals surface area contributed by atoms with E-state index in [-0.39, 0.29) is 17.2 Å². The van der Waals surface area contributed by atoms with E-state index in [1.54, 1.807) is 12.3 Å². The highest BCUT2D eigenvalue weighted by atomic mass is 19.1. The van der Waals surface area contributed by atoms with Gasteiger partial charge in [-0.1, -0.05) is 24.3 Å². The first-order valence-electron chi connectivity index (χ1n) is 10.7. The fourth-order valence-corrected chi connectivity index (χ4v) is 3.72. The normalized spacial score (nSPS) is 13.1. The van der Waals surface area contributed by atoms with Crippen molar-refractivity contribution in [1.82, 2.24) is 20.3 Å². The van der Waals surface area contributed by atoms with E-state index in [0.717, 1.165) is 16.8 Å². The highest BCUT2D eigenvalue weighted by Crippen LogP contribution is 2.28. The summed E-state index contributed by atoms with van der Waals surface area (Å²) < 4.78 is 29.3. The van der Waals surface area contributed by atoms with Gasteiger partial charge in [-0.2, -0.15) is 9.37 Å². The number of hydrogen-bond donors (Lipinski definition) is 3. The number of nitrogens with zero attached hydrogens (tertiary/aromatic N) is 3. The quantitative estimate of drug-likeness (QED) is 0.325. The Morgan fingerprint density at radius 3 is 2.62 bits per heavy atom. The first kappa shape index (κ1) is 21.4. The van der Waals surface area contributed by atoms with Crippen LogP contribution in [0.15, 0.2) is 60.9 Å². The van der Waals surface area contributed by atoms with Gasteiger partial charge in [-0.15, -0.1) is 0 Å². The van der Waals surface area contributed by atoms with Crippen LogP contribution in [0, 0.1) is 18.7 Å². The molecule has 2 aromatic heterocycles. The average molecular weight is 458 g/mol. The Morgan fingerprint density at radius 1 is 0.912 bits per heavy atom. The van der Waals surface area contributed by atoms with Gasteiger partial charge in [-0.25, -0.2) is 14.4 Å². The maximum atomic E-state index is 14.8. The molecule has 9 heteroatoms. The number of carbonyl (C=O) groups excluding carboxylic acids is 1. The van der Waals surface area contributed by atoms with Crippen molar-refractivity contribution in [2.45, 2.75) is 13.3 Å². The molecule has 2 aliphatic rings. The third kappa shape index (κ3) is 4.27. The molecule has 0 aliphatic carbocycles. The minimum absolute atomic E-state index is 0.0380. The fraction of sp³-hybridized carbons (Fsp3) is 0.120. The van der Waals surface area contributed by atoms with E-state index in [0.29, 0.717) is 29.9 Å². The van der Waals surface area contributed by atoms with Crippen molar-refractivity contribution in [2.75, 3.05) is 17.2 Å². The molecule has 6 rings (SSSR count). The van der Waals surface area contributed by atoms with Gasteiger partial charge in [0, 0.05) is 35.8 Å². The van der Waals surface area contributed by atoms with Crippen LogP contribution in [-0.4, -0.2) is 27.4 Å². The summed E-state index contributed by atoms with van der Waals surface area (Å²) >= 11 is 0. The number of fused-ring (bicyclic) bond motifs is 5. The summed E-state index contributed by atoms with van der Waals surface area (Å²) in [5, 5.41) is 8.93. The van der Waals surface area contributed by atoms with Crippen molar-refractivity contribution in [3.05, 3.63) is 89.4 Å². The third-order valence-electron chi connectivity index (χ3n) is 5.55. The zero-order chi connectivity index (χ0) is 23.7. The van der Waals surface area contributed by atoms with E-state index in [1.807, 2.05) is 31.2 Å². The number of pyridine rings is 1. The second-order valence-corrected chi connectivity index (χ2v) is 7.90. The van der Waals surface area contributed by atoms with Gasteiger partial charge in [0.1, 0.15) is 11.6 Å². The lowest BCUT2D eigenvalue weighted by Gasteiger charge is -2.15. The van der Waals surface area contributed by atoms with E-state index in [2.05, 4.69) is 30.9 Å². The average Bonchev–Trinajstić information content (AvgIpc) is 2.83. The first-order chi connectivity index (χ1) is 16.5. The second-order valence-electron chi connectivity index (χ2n) is 7.90. The highest BCUT2D eigenvalue weighted by Gasteiger charge is 2.16. The number of aromatic nitrogens is 3. The van der Waals surface area contributed by atoms with Crippen molar-refractivity contribution in [1.29, 1.82) is 0 Å². The summed E-state index contributed by atoms with van der Waals surface area (Å²) in [6, 6.07) is 13.3. The standard InChI is InChI=1S/C25H20F2N6O/c1-14-12-30-25-32-21-11-17(13-29-22(21)27)16-6-7-18(19(26)10-16)24(34)28-9-8-15-4-2-3-5-20(15)31-23(14)33-25/h2-7,10-13H,8-9H2,1H3,(H,28,34)(H2,30,31,32,33). The fourth-order valence-electron chi connectivity index (χ4n) is 3.72. The Hall–Kier alpha value is -4.40. The molecule has 34 heavy (non-hydrogen) atoms. The minimum Gasteiger partial charge on any atom is -0.352 e. The molecule has 0 fully saturated rings. The van der Waals surface area contributed by atoms with Crippen LogP contribution in [0.25, 0.3) is 11.1 Å². The summed E-state index contributed by atoms with van der Waals surface area (Å²) in [6.07, 6.45) is 3.45. The number of aryl methyl sites for hydroxylation is 1. The first-order valence-corrected chi connectivity index (χ1v) is 10.7. The lowest BCUT2D eigenvalue weighted by molar-refractivity contribution is 0.0950. The summed E-state index contributed by atoms with van der Waals surface area (Å²) in [7, 11) is 0. The molecular weight excluding hydrogens is 438 g/mol. The molecule has 1 amide bonds. The molecule has 0 radical (unpaired) electrons. The van der Waals surface area contributed by atoms with Crippen LogP contribution in [0.1, 0.15) is 21.5 Å². The number of carbonyl (C=O) groups is 1. The molecule has 0 saturated heterocycles. The van der Waals surface area contributed by atoms with Crippen molar-refractivity contribution in [3.63, 3.8) is 0 Å². The lowest BCUT2D eigenvalue weighted by atomic mass is 10.0. The van der Waals surface area contributed by atoms with Crippen LogP contribution in [0.3, 0.4) is 0 Å². The zero-order valence-corrected chi connectivity index (χ0v) is 18.2. The molecule has 2 aliphatic heterocycles. The number of nitrogens with one attached hydrogen (secondary N) is 3. The van der Waals surface area contributed by atoms with Gasteiger partial charge >= 0.3 is 0 Å². The number of amides is 1. The van der Waals surface area contributed by atoms with Crippen molar-refractivity contribution in [3.8, 4) is 11.1 Å². The van der Waals surface area contributed by atoms with Crippen LogP contribution < -0.4 is 16.0 Å². The van der Waals surface area contributed by atoms with Crippen LogP contribution in [0.4, 0.5) is 31.9 Å². The number of benzene rings is 2. The molecule has 0 spiro atoms. The van der Waals surface area contributed by atoms with Crippen LogP contribution in [-0.2, 0) is 6.42 Å². The van der Waals surface area contributed by atoms with Gasteiger partial charge in [-0.3, -0.25) is 4.79 Å². The Kier molecular flexibility index (Phi) is 5.59. The molecule has 4 aromatic rings. The lowest BCUT2D eigenvalue weighted by Crippen LogP contribution is -2.26. The van der Waals surface area contributed by atoms with E-state index in [1.165, 1.54) is 24.4 Å².